The molecule has 10 nitrogen and oxygen atoms in total. The number of hydrogen-bond acceptors (Lipinski definition) is 8. The van der Waals surface area contributed by atoms with E-state index in [-0.39, 0.29) is 63.1 Å². The van der Waals surface area contributed by atoms with Crippen LogP contribution in [0, 0.1) is 50.9 Å². The van der Waals surface area contributed by atoms with Gasteiger partial charge in [0.2, 0.25) is 17.1 Å². The molecule has 0 aliphatic heterocycles. The van der Waals surface area contributed by atoms with Crippen molar-refractivity contribution in [3.8, 4) is 6.07 Å². The second-order valence-corrected chi connectivity index (χ2v) is 10.2. The molecule has 5 atom stereocenters. The van der Waals surface area contributed by atoms with Gasteiger partial charge in [0.1, 0.15) is 6.07 Å². The predicted molar refractivity (Wildman–Crippen MR) is 126 cm³/mol. The average molecular weight is 519 g/mol. The molecule has 13 heteroatoms. The standard InChI is InChI=1S/C22H20ClFN6O4S/c23-22-27-8-15(24)17(29-22)6-14-13-3-11(20(14)21(26)32)4-18(13)35-9-19(31)28-16-5-12(30(33)34)2-1-10(16)7-25/h1-2,5,8,11,13-14,18,20H,3-4,6,9H2,(H2,26,32)(H,28,31)/t11-,13+,14-,18-,20+/m1/s1. The maximum atomic E-state index is 14.3. The SMILES string of the molecule is N#Cc1ccc([N+](=O)[O-])cc1NC(=O)CS[C@@H]1C[C@H]2C[C@H]1[C@@H](Cc1nc(Cl)ncc1F)[C@H]2C(N)=O. The maximum Gasteiger partial charge on any atom is 0.271 e. The zero-order valence-electron chi connectivity index (χ0n) is 18.2. The number of carbonyl (C=O) groups is 2. The van der Waals surface area contributed by atoms with Crippen LogP contribution in [0.5, 0.6) is 0 Å². The number of amides is 2. The minimum absolute atomic E-state index is 0.0240. The molecule has 2 fully saturated rings. The number of nitro benzene ring substituents is 1. The van der Waals surface area contributed by atoms with Gasteiger partial charge in [0.15, 0.2) is 5.82 Å². The fourth-order valence-electron chi connectivity index (χ4n) is 5.30. The number of rotatable bonds is 8. The van der Waals surface area contributed by atoms with Gasteiger partial charge in [-0.2, -0.15) is 5.26 Å². The van der Waals surface area contributed by atoms with Crippen LogP contribution in [0.4, 0.5) is 15.8 Å². The van der Waals surface area contributed by atoms with Gasteiger partial charge in [0.25, 0.3) is 5.69 Å². The number of aromatic nitrogens is 2. The van der Waals surface area contributed by atoms with E-state index in [0.717, 1.165) is 18.7 Å². The molecule has 2 saturated carbocycles. The summed E-state index contributed by atoms with van der Waals surface area (Å²) in [6.07, 6.45) is 2.61. The van der Waals surface area contributed by atoms with Gasteiger partial charge in [-0.25, -0.2) is 14.4 Å². The smallest absolute Gasteiger partial charge is 0.271 e. The summed E-state index contributed by atoms with van der Waals surface area (Å²) in [5.41, 5.74) is 5.75. The van der Waals surface area contributed by atoms with Crippen LogP contribution in [-0.2, 0) is 16.0 Å². The Labute approximate surface area is 208 Å². The first-order chi connectivity index (χ1) is 16.7. The van der Waals surface area contributed by atoms with E-state index < -0.39 is 28.5 Å². The van der Waals surface area contributed by atoms with Gasteiger partial charge in [-0.3, -0.25) is 19.7 Å². The van der Waals surface area contributed by atoms with E-state index >= 15 is 0 Å². The highest BCUT2D eigenvalue weighted by atomic mass is 35.5. The summed E-state index contributed by atoms with van der Waals surface area (Å²) in [6.45, 7) is 0. The molecule has 2 amide bonds. The molecule has 182 valence electrons. The first-order valence-electron chi connectivity index (χ1n) is 10.7. The molecule has 35 heavy (non-hydrogen) atoms. The number of hydrogen-bond donors (Lipinski definition) is 2. The molecular weight excluding hydrogens is 499 g/mol. The van der Waals surface area contributed by atoms with E-state index in [9.17, 15) is 29.4 Å². The lowest BCUT2D eigenvalue weighted by Gasteiger charge is -2.34. The Morgan fingerprint density at radius 3 is 2.86 bits per heavy atom. The van der Waals surface area contributed by atoms with Crippen molar-refractivity contribution in [1.82, 2.24) is 9.97 Å². The minimum Gasteiger partial charge on any atom is -0.369 e. The summed E-state index contributed by atoms with van der Waals surface area (Å²) in [7, 11) is 0. The Balaban J connectivity index is 1.44. The first kappa shape index (κ1) is 24.8. The number of nitrogens with two attached hydrogens (primary N) is 1. The van der Waals surface area contributed by atoms with E-state index in [2.05, 4.69) is 15.3 Å². The third-order valence-electron chi connectivity index (χ3n) is 6.69. The van der Waals surface area contributed by atoms with Crippen molar-refractivity contribution in [2.45, 2.75) is 24.5 Å². The third-order valence-corrected chi connectivity index (χ3v) is 8.27. The number of non-ortho nitro benzene ring substituents is 1. The molecule has 1 heterocycles. The van der Waals surface area contributed by atoms with Gasteiger partial charge in [-0.15, -0.1) is 11.8 Å². The Morgan fingerprint density at radius 1 is 1.40 bits per heavy atom. The third kappa shape index (κ3) is 5.21. The molecule has 2 aromatic rings. The number of primary amides is 1. The molecule has 1 aromatic carbocycles. The normalized spacial score (nSPS) is 24.7. The Morgan fingerprint density at radius 2 is 2.17 bits per heavy atom. The van der Waals surface area contributed by atoms with Crippen LogP contribution in [0.25, 0.3) is 0 Å². The quantitative estimate of drug-likeness (QED) is 0.305. The van der Waals surface area contributed by atoms with Gasteiger partial charge in [-0.05, 0) is 54.7 Å². The van der Waals surface area contributed by atoms with Crippen molar-refractivity contribution in [2.75, 3.05) is 11.1 Å². The summed E-state index contributed by atoms with van der Waals surface area (Å²) in [4.78, 5) is 42.8. The number of nitriles is 1. The summed E-state index contributed by atoms with van der Waals surface area (Å²) in [5.74, 6) is -2.00. The zero-order valence-corrected chi connectivity index (χ0v) is 19.8. The van der Waals surface area contributed by atoms with Gasteiger partial charge < -0.3 is 11.1 Å². The van der Waals surface area contributed by atoms with Crippen LogP contribution in [0.3, 0.4) is 0 Å². The molecule has 4 rings (SSSR count). The fourth-order valence-corrected chi connectivity index (χ4v) is 6.84. The Kier molecular flexibility index (Phi) is 7.18. The lowest BCUT2D eigenvalue weighted by Crippen LogP contribution is -2.39. The van der Waals surface area contributed by atoms with Crippen LogP contribution in [0.15, 0.2) is 24.4 Å². The lowest BCUT2D eigenvalue weighted by molar-refractivity contribution is -0.384. The van der Waals surface area contributed by atoms with Crippen LogP contribution >= 0.6 is 23.4 Å². The molecule has 2 bridgehead atoms. The number of nitrogens with zero attached hydrogens (tertiary/aromatic N) is 4. The fraction of sp³-hybridized carbons (Fsp3) is 0.409. The largest absolute Gasteiger partial charge is 0.369 e. The molecule has 0 saturated heterocycles. The van der Waals surface area contributed by atoms with E-state index in [1.807, 2.05) is 6.07 Å². The Hall–Kier alpha value is -3.30. The predicted octanol–water partition coefficient (Wildman–Crippen LogP) is 3.09. The minimum atomic E-state index is -0.607. The second-order valence-electron chi connectivity index (χ2n) is 8.62. The highest BCUT2D eigenvalue weighted by Crippen LogP contribution is 2.56. The number of halogens is 2. The van der Waals surface area contributed by atoms with Crippen molar-refractivity contribution in [3.63, 3.8) is 0 Å². The zero-order chi connectivity index (χ0) is 25.3. The summed E-state index contributed by atoms with van der Waals surface area (Å²) in [6, 6.07) is 5.52. The van der Waals surface area contributed by atoms with Crippen LogP contribution in [-0.4, -0.2) is 37.7 Å². The molecular formula is C22H20ClFN6O4S. The molecule has 3 N–H and O–H groups in total. The average Bonchev–Trinajstić information content (AvgIpc) is 3.38. The van der Waals surface area contributed by atoms with Crippen molar-refractivity contribution in [3.05, 3.63) is 56.9 Å². The maximum absolute atomic E-state index is 14.3. The number of nitro groups is 1. The number of fused-ring (bicyclic) bond motifs is 2. The van der Waals surface area contributed by atoms with Crippen LogP contribution in [0.2, 0.25) is 5.28 Å². The summed E-state index contributed by atoms with van der Waals surface area (Å²) >= 11 is 7.22. The van der Waals surface area contributed by atoms with Gasteiger partial charge in [0, 0.05) is 23.3 Å². The number of thioether (sulfide) groups is 1. The molecule has 0 radical (unpaired) electrons. The van der Waals surface area contributed by atoms with E-state index in [0.29, 0.717) is 6.42 Å². The number of nitrogens with one attached hydrogen (secondary N) is 1. The molecule has 0 unspecified atom stereocenters. The highest BCUT2D eigenvalue weighted by Gasteiger charge is 2.54. The summed E-state index contributed by atoms with van der Waals surface area (Å²) in [5, 5.41) is 22.8. The molecule has 1 aromatic heterocycles. The first-order valence-corrected chi connectivity index (χ1v) is 12.2. The second kappa shape index (κ2) is 10.1. The number of benzene rings is 1. The Bertz CT molecular complexity index is 1240. The monoisotopic (exact) mass is 518 g/mol. The van der Waals surface area contributed by atoms with Gasteiger partial charge >= 0.3 is 0 Å². The molecule has 0 spiro atoms. The van der Waals surface area contributed by atoms with Crippen molar-refractivity contribution < 1.29 is 18.9 Å². The lowest BCUT2D eigenvalue weighted by atomic mass is 9.76. The van der Waals surface area contributed by atoms with Gasteiger partial charge in [0.05, 0.1) is 33.8 Å². The number of carbonyl (C=O) groups excluding carboxylic acids is 2. The van der Waals surface area contributed by atoms with E-state index in [1.165, 1.54) is 23.9 Å². The highest BCUT2D eigenvalue weighted by molar-refractivity contribution is 8.00. The topological polar surface area (TPSA) is 165 Å². The van der Waals surface area contributed by atoms with E-state index in [1.54, 1.807) is 0 Å². The van der Waals surface area contributed by atoms with Crippen molar-refractivity contribution >= 4 is 46.6 Å². The molecule has 2 aliphatic rings. The van der Waals surface area contributed by atoms with Crippen molar-refractivity contribution in [2.24, 2.45) is 29.4 Å². The van der Waals surface area contributed by atoms with Crippen LogP contribution in [0.1, 0.15) is 24.1 Å². The molecule has 2 aliphatic carbocycles. The van der Waals surface area contributed by atoms with Crippen LogP contribution < -0.4 is 11.1 Å². The number of anilines is 1. The van der Waals surface area contributed by atoms with Crippen molar-refractivity contribution in [1.29, 1.82) is 5.26 Å². The van der Waals surface area contributed by atoms with Gasteiger partial charge in [-0.1, -0.05) is 0 Å². The van der Waals surface area contributed by atoms with E-state index in [4.69, 9.17) is 17.3 Å². The summed E-state index contributed by atoms with van der Waals surface area (Å²) < 4.78 is 14.3.